The van der Waals surface area contributed by atoms with Crippen molar-refractivity contribution in [1.29, 1.82) is 0 Å². The molecule has 11 nitrogen and oxygen atoms in total. The molecule has 0 bridgehead atoms. The highest BCUT2D eigenvalue weighted by Crippen LogP contribution is 2.29. The lowest BCUT2D eigenvalue weighted by Crippen LogP contribution is -2.36. The summed E-state index contributed by atoms with van der Waals surface area (Å²) in [6, 6.07) is 9.72. The van der Waals surface area contributed by atoms with Crippen molar-refractivity contribution in [1.82, 2.24) is 24.5 Å². The molecular weight excluding hydrogens is 380 g/mol. The van der Waals surface area contributed by atoms with Crippen LogP contribution < -0.4 is 11.4 Å². The van der Waals surface area contributed by atoms with Crippen LogP contribution in [0.3, 0.4) is 0 Å². The van der Waals surface area contributed by atoms with Crippen LogP contribution in [0, 0.1) is 0 Å². The third kappa shape index (κ3) is 3.63. The Hall–Kier alpha value is -3.12. The van der Waals surface area contributed by atoms with Crippen LogP contribution in [0.1, 0.15) is 17.5 Å². The number of nitrogens with two attached hydrogens (primary N) is 1. The number of hydrogen-bond donors (Lipinski definition) is 4. The van der Waals surface area contributed by atoms with Gasteiger partial charge in [-0.05, 0) is 5.56 Å². The van der Waals surface area contributed by atoms with Crippen molar-refractivity contribution in [2.24, 2.45) is 0 Å². The maximum atomic E-state index is 12.3. The fourth-order valence-electron chi connectivity index (χ4n) is 3.24. The average Bonchev–Trinajstić information content (AvgIpc) is 3.28. The maximum absolute atomic E-state index is 12.3. The van der Waals surface area contributed by atoms with E-state index in [1.165, 1.54) is 10.9 Å². The fourth-order valence-corrected chi connectivity index (χ4v) is 3.24. The number of rotatable bonds is 5. The van der Waals surface area contributed by atoms with Gasteiger partial charge < -0.3 is 25.8 Å². The molecule has 11 heteroatoms. The first-order valence-electron chi connectivity index (χ1n) is 8.94. The summed E-state index contributed by atoms with van der Waals surface area (Å²) in [6.45, 7) is -0.509. The third-order valence-electron chi connectivity index (χ3n) is 4.77. The molecule has 29 heavy (non-hydrogen) atoms. The number of nitrogen functional groups attached to an aromatic ring is 1. The molecule has 1 aliphatic heterocycles. The second kappa shape index (κ2) is 7.72. The molecule has 1 saturated heterocycles. The maximum Gasteiger partial charge on any atom is 0.351 e. The van der Waals surface area contributed by atoms with Crippen molar-refractivity contribution in [3.63, 3.8) is 0 Å². The molecule has 3 aromatic rings. The molecule has 1 aromatic carbocycles. The van der Waals surface area contributed by atoms with Gasteiger partial charge >= 0.3 is 5.69 Å². The number of ether oxygens (including phenoxy) is 1. The highest BCUT2D eigenvalue weighted by Gasteiger charge is 2.44. The van der Waals surface area contributed by atoms with Crippen molar-refractivity contribution in [2.75, 3.05) is 12.3 Å². The van der Waals surface area contributed by atoms with Gasteiger partial charge in [-0.15, -0.1) is 5.10 Å². The van der Waals surface area contributed by atoms with E-state index >= 15 is 0 Å². The summed E-state index contributed by atoms with van der Waals surface area (Å²) in [7, 11) is 0. The first-order valence-corrected chi connectivity index (χ1v) is 8.94. The lowest BCUT2D eigenvalue weighted by molar-refractivity contribution is -0.0549. The molecular formula is C18H20N6O5. The minimum Gasteiger partial charge on any atom is -0.394 e. The van der Waals surface area contributed by atoms with Crippen molar-refractivity contribution < 1.29 is 20.1 Å². The molecule has 0 amide bonds. The van der Waals surface area contributed by atoms with E-state index in [2.05, 4.69) is 15.3 Å². The van der Waals surface area contributed by atoms with Gasteiger partial charge in [0.1, 0.15) is 24.0 Å². The molecule has 1 unspecified atom stereocenters. The van der Waals surface area contributed by atoms with Crippen LogP contribution in [0.4, 0.5) is 5.82 Å². The Morgan fingerprint density at radius 2 is 1.90 bits per heavy atom. The zero-order valence-corrected chi connectivity index (χ0v) is 15.2. The molecule has 5 N–H and O–H groups in total. The summed E-state index contributed by atoms with van der Waals surface area (Å²) >= 11 is 0. The van der Waals surface area contributed by atoms with E-state index in [-0.39, 0.29) is 11.5 Å². The van der Waals surface area contributed by atoms with Gasteiger partial charge in [-0.25, -0.2) is 9.48 Å². The van der Waals surface area contributed by atoms with Gasteiger partial charge in [-0.3, -0.25) is 4.57 Å². The molecule has 2 aromatic heterocycles. The second-order valence-electron chi connectivity index (χ2n) is 6.75. The highest BCUT2D eigenvalue weighted by atomic mass is 16.6. The molecule has 3 heterocycles. The predicted octanol–water partition coefficient (Wildman–Crippen LogP) is -1.39. The van der Waals surface area contributed by atoms with E-state index < -0.39 is 36.8 Å². The molecule has 4 atom stereocenters. The molecule has 0 saturated carbocycles. The van der Waals surface area contributed by atoms with Crippen molar-refractivity contribution in [3.8, 4) is 5.69 Å². The minimum atomic E-state index is -1.42. The second-order valence-corrected chi connectivity index (χ2v) is 6.75. The zero-order chi connectivity index (χ0) is 20.5. The molecule has 152 valence electrons. The van der Waals surface area contributed by atoms with E-state index in [9.17, 15) is 20.1 Å². The van der Waals surface area contributed by atoms with Crippen LogP contribution in [0.15, 0.2) is 47.5 Å². The number of aliphatic hydroxyl groups is 3. The predicted molar refractivity (Wildman–Crippen MR) is 100 cm³/mol. The molecule has 0 spiro atoms. The number of nitrogens with zero attached hydrogens (tertiary/aromatic N) is 5. The summed E-state index contributed by atoms with van der Waals surface area (Å²) in [5, 5.41) is 37.5. The van der Waals surface area contributed by atoms with Crippen LogP contribution in [0.25, 0.3) is 5.69 Å². The number of hydrogen-bond acceptors (Lipinski definition) is 9. The first-order chi connectivity index (χ1) is 14.0. The quantitative estimate of drug-likeness (QED) is 0.404. The van der Waals surface area contributed by atoms with Crippen molar-refractivity contribution in [2.45, 2.75) is 31.0 Å². The molecule has 1 aliphatic rings. The van der Waals surface area contributed by atoms with Crippen LogP contribution in [0.2, 0.25) is 0 Å². The number of aromatic nitrogens is 5. The molecule has 0 aliphatic carbocycles. The zero-order valence-electron chi connectivity index (χ0n) is 15.2. The topological polar surface area (TPSA) is 162 Å². The van der Waals surface area contributed by atoms with E-state index in [1.807, 2.05) is 30.3 Å². The Morgan fingerprint density at radius 3 is 2.59 bits per heavy atom. The number of benzene rings is 1. The smallest absolute Gasteiger partial charge is 0.351 e. The van der Waals surface area contributed by atoms with E-state index in [1.54, 1.807) is 6.20 Å². The van der Waals surface area contributed by atoms with Gasteiger partial charge in [0.2, 0.25) is 0 Å². The van der Waals surface area contributed by atoms with Gasteiger partial charge in [0, 0.05) is 12.6 Å². The Bertz CT molecular complexity index is 1050. The van der Waals surface area contributed by atoms with Crippen LogP contribution in [-0.4, -0.2) is 64.8 Å². The normalized spacial score (nSPS) is 24.1. The van der Waals surface area contributed by atoms with Gasteiger partial charge in [0.15, 0.2) is 12.0 Å². The summed E-state index contributed by atoms with van der Waals surface area (Å²) in [6.07, 6.45) is -1.48. The Morgan fingerprint density at radius 1 is 1.14 bits per heavy atom. The lowest BCUT2D eigenvalue weighted by Gasteiger charge is -2.18. The highest BCUT2D eigenvalue weighted by molar-refractivity contribution is 5.49. The largest absolute Gasteiger partial charge is 0.394 e. The van der Waals surface area contributed by atoms with Crippen molar-refractivity contribution >= 4 is 5.82 Å². The Kier molecular flexibility index (Phi) is 5.11. The average molecular weight is 400 g/mol. The monoisotopic (exact) mass is 400 g/mol. The van der Waals surface area contributed by atoms with E-state index in [4.69, 9.17) is 10.5 Å². The van der Waals surface area contributed by atoms with Gasteiger partial charge in [0.25, 0.3) is 0 Å². The summed E-state index contributed by atoms with van der Waals surface area (Å²) < 4.78 is 7.78. The fraction of sp³-hybridized carbons (Fsp3) is 0.333. The van der Waals surface area contributed by atoms with Crippen LogP contribution in [0.5, 0.6) is 0 Å². The van der Waals surface area contributed by atoms with E-state index in [0.29, 0.717) is 12.1 Å². The summed E-state index contributed by atoms with van der Waals surface area (Å²) in [4.78, 5) is 16.1. The van der Waals surface area contributed by atoms with Crippen molar-refractivity contribution in [3.05, 3.63) is 64.5 Å². The summed E-state index contributed by atoms with van der Waals surface area (Å²) in [5.41, 5.74) is 7.12. The molecule has 1 fully saturated rings. The molecule has 0 radical (unpaired) electrons. The van der Waals surface area contributed by atoms with E-state index in [0.717, 1.165) is 10.1 Å². The van der Waals surface area contributed by atoms with Crippen LogP contribution >= 0.6 is 0 Å². The standard InChI is InChI=1S/C18H20N6O5/c19-16-12(24-7-11(21-22-24)6-10-4-2-1-3-5-10)8-23(18(28)20-16)17-15(27)14(26)13(9-25)29-17/h1-5,7-8,13-15,17,25-27H,6,9H2,(H2,19,20,28)/t13-,14?,15+,17-/m1/s1. The Labute approximate surface area is 164 Å². The summed E-state index contributed by atoms with van der Waals surface area (Å²) in [5.74, 6) is -0.0749. The minimum absolute atomic E-state index is 0.0749. The number of aliphatic hydroxyl groups excluding tert-OH is 3. The Balaban J connectivity index is 1.66. The lowest BCUT2D eigenvalue weighted by atomic mass is 10.1. The number of anilines is 1. The molecule has 4 rings (SSSR count). The van der Waals surface area contributed by atoms with Gasteiger partial charge in [0.05, 0.1) is 18.5 Å². The first kappa shape index (κ1) is 19.2. The van der Waals surface area contributed by atoms with Gasteiger partial charge in [-0.1, -0.05) is 35.5 Å². The van der Waals surface area contributed by atoms with Crippen LogP contribution in [-0.2, 0) is 11.2 Å². The third-order valence-corrected chi connectivity index (χ3v) is 4.77. The van der Waals surface area contributed by atoms with Gasteiger partial charge in [-0.2, -0.15) is 4.98 Å². The SMILES string of the molecule is Nc1nc(=O)n([C@@H]2O[C@H](CO)C(O)[C@@H]2O)cc1-n1cc(Cc2ccccc2)nn1.